The van der Waals surface area contributed by atoms with E-state index >= 15 is 0 Å². The molecule has 1 aromatic carbocycles. The van der Waals surface area contributed by atoms with Crippen LogP contribution in [0.3, 0.4) is 0 Å². The average molecular weight is 313 g/mol. The smallest absolute Gasteiger partial charge is 0.223 e. The van der Waals surface area contributed by atoms with Crippen LogP contribution in [-0.4, -0.2) is 26.1 Å². The Labute approximate surface area is 136 Å². The summed E-state index contributed by atoms with van der Waals surface area (Å²) >= 11 is 0. The standard InChI is InChI=1S/C17H23N5O/c1-12-8-9-15(10-13(12)2)22-16(19-20-21-22)11-18-17(23)14-6-4-3-5-7-14/h8-10,14H,3-7,11H2,1-2H3,(H,18,23). The number of rotatable bonds is 4. The maximum Gasteiger partial charge on any atom is 0.223 e. The van der Waals surface area contributed by atoms with E-state index in [0.29, 0.717) is 12.4 Å². The van der Waals surface area contributed by atoms with Crippen molar-refractivity contribution in [2.75, 3.05) is 0 Å². The van der Waals surface area contributed by atoms with Crippen molar-refractivity contribution in [2.45, 2.75) is 52.5 Å². The van der Waals surface area contributed by atoms with Crippen molar-refractivity contribution in [1.29, 1.82) is 0 Å². The minimum atomic E-state index is 0.124. The van der Waals surface area contributed by atoms with Crippen LogP contribution in [0.5, 0.6) is 0 Å². The molecule has 0 bridgehead atoms. The zero-order valence-electron chi connectivity index (χ0n) is 13.7. The second-order valence-corrected chi connectivity index (χ2v) is 6.33. The van der Waals surface area contributed by atoms with Crippen LogP contribution in [0.1, 0.15) is 49.1 Å². The van der Waals surface area contributed by atoms with Crippen molar-refractivity contribution in [3.8, 4) is 5.69 Å². The normalized spacial score (nSPS) is 15.6. The van der Waals surface area contributed by atoms with E-state index in [-0.39, 0.29) is 11.8 Å². The largest absolute Gasteiger partial charge is 0.348 e. The van der Waals surface area contributed by atoms with Gasteiger partial charge in [0.25, 0.3) is 0 Å². The van der Waals surface area contributed by atoms with Crippen molar-refractivity contribution >= 4 is 5.91 Å². The maximum atomic E-state index is 12.3. The number of amides is 1. The highest BCUT2D eigenvalue weighted by Crippen LogP contribution is 2.23. The van der Waals surface area contributed by atoms with Gasteiger partial charge in [0.05, 0.1) is 12.2 Å². The predicted octanol–water partition coefficient (Wildman–Crippen LogP) is 2.48. The summed E-state index contributed by atoms with van der Waals surface area (Å²) in [6.45, 7) is 4.49. The van der Waals surface area contributed by atoms with Gasteiger partial charge in [-0.3, -0.25) is 4.79 Å². The summed E-state index contributed by atoms with van der Waals surface area (Å²) in [7, 11) is 0. The molecular formula is C17H23N5O. The molecule has 0 aliphatic heterocycles. The Morgan fingerprint density at radius 1 is 1.22 bits per heavy atom. The molecule has 0 spiro atoms. The van der Waals surface area contributed by atoms with Crippen LogP contribution in [0.15, 0.2) is 18.2 Å². The van der Waals surface area contributed by atoms with E-state index in [2.05, 4.69) is 46.8 Å². The van der Waals surface area contributed by atoms with Crippen LogP contribution in [0.25, 0.3) is 5.69 Å². The van der Waals surface area contributed by atoms with Crippen LogP contribution in [0, 0.1) is 19.8 Å². The molecule has 1 saturated carbocycles. The molecule has 0 saturated heterocycles. The maximum absolute atomic E-state index is 12.3. The quantitative estimate of drug-likeness (QED) is 0.941. The molecule has 1 amide bonds. The van der Waals surface area contributed by atoms with Crippen molar-refractivity contribution in [2.24, 2.45) is 5.92 Å². The molecule has 3 rings (SSSR count). The molecule has 6 heteroatoms. The van der Waals surface area contributed by atoms with E-state index < -0.39 is 0 Å². The highest BCUT2D eigenvalue weighted by atomic mass is 16.1. The Balaban J connectivity index is 1.68. The molecule has 2 aromatic rings. The molecule has 1 heterocycles. The lowest BCUT2D eigenvalue weighted by molar-refractivity contribution is -0.126. The lowest BCUT2D eigenvalue weighted by atomic mass is 9.89. The van der Waals surface area contributed by atoms with Crippen LogP contribution < -0.4 is 5.32 Å². The Bertz CT molecular complexity index is 688. The van der Waals surface area contributed by atoms with E-state index in [0.717, 1.165) is 31.4 Å². The highest BCUT2D eigenvalue weighted by molar-refractivity contribution is 5.78. The van der Waals surface area contributed by atoms with Gasteiger partial charge >= 0.3 is 0 Å². The van der Waals surface area contributed by atoms with Crippen LogP contribution in [0.2, 0.25) is 0 Å². The molecule has 23 heavy (non-hydrogen) atoms. The Hall–Kier alpha value is -2.24. The van der Waals surface area contributed by atoms with Gasteiger partial charge in [-0.25, -0.2) is 0 Å². The first-order valence-electron chi connectivity index (χ1n) is 8.28. The zero-order chi connectivity index (χ0) is 16.2. The van der Waals surface area contributed by atoms with E-state index in [1.165, 1.54) is 17.5 Å². The number of hydrogen-bond acceptors (Lipinski definition) is 4. The molecular weight excluding hydrogens is 290 g/mol. The molecule has 1 aliphatic carbocycles. The van der Waals surface area contributed by atoms with Gasteiger partial charge in [0.1, 0.15) is 0 Å². The highest BCUT2D eigenvalue weighted by Gasteiger charge is 2.21. The van der Waals surface area contributed by atoms with Crippen LogP contribution in [0.4, 0.5) is 0 Å². The lowest BCUT2D eigenvalue weighted by Gasteiger charge is -2.20. The number of nitrogens with one attached hydrogen (secondary N) is 1. The van der Waals surface area contributed by atoms with Crippen molar-refractivity contribution in [3.63, 3.8) is 0 Å². The van der Waals surface area contributed by atoms with Gasteiger partial charge in [-0.15, -0.1) is 5.10 Å². The number of carbonyl (C=O) groups excluding carboxylic acids is 1. The minimum Gasteiger partial charge on any atom is -0.348 e. The van der Waals surface area contributed by atoms with E-state index in [9.17, 15) is 4.79 Å². The SMILES string of the molecule is Cc1ccc(-n2nnnc2CNC(=O)C2CCCCC2)cc1C. The molecule has 122 valence electrons. The monoisotopic (exact) mass is 313 g/mol. The van der Waals surface area contributed by atoms with Crippen LogP contribution >= 0.6 is 0 Å². The molecule has 1 aliphatic rings. The minimum absolute atomic E-state index is 0.124. The first kappa shape index (κ1) is 15.6. The third-order valence-corrected chi connectivity index (χ3v) is 4.67. The number of tetrazole rings is 1. The fourth-order valence-corrected chi connectivity index (χ4v) is 3.05. The second kappa shape index (κ2) is 6.89. The van der Waals surface area contributed by atoms with Gasteiger partial charge in [-0.2, -0.15) is 4.68 Å². The molecule has 1 N–H and O–H groups in total. The van der Waals surface area contributed by atoms with Gasteiger partial charge in [0.15, 0.2) is 5.82 Å². The van der Waals surface area contributed by atoms with E-state index in [4.69, 9.17) is 0 Å². The first-order chi connectivity index (χ1) is 11.1. The first-order valence-corrected chi connectivity index (χ1v) is 8.28. The average Bonchev–Trinajstić information content (AvgIpc) is 3.04. The number of benzene rings is 1. The van der Waals surface area contributed by atoms with E-state index in [1.807, 2.05) is 6.07 Å². The van der Waals surface area contributed by atoms with E-state index in [1.54, 1.807) is 4.68 Å². The van der Waals surface area contributed by atoms with Gasteiger partial charge < -0.3 is 5.32 Å². The third kappa shape index (κ3) is 3.57. The Morgan fingerprint density at radius 3 is 2.74 bits per heavy atom. The van der Waals surface area contributed by atoms with Crippen molar-refractivity contribution < 1.29 is 4.79 Å². The lowest BCUT2D eigenvalue weighted by Crippen LogP contribution is -2.32. The number of carbonyl (C=O) groups is 1. The summed E-state index contributed by atoms with van der Waals surface area (Å²) in [5.74, 6) is 0.923. The summed E-state index contributed by atoms with van der Waals surface area (Å²) in [5, 5.41) is 14.8. The Morgan fingerprint density at radius 2 is 2.00 bits per heavy atom. The molecule has 1 fully saturated rings. The topological polar surface area (TPSA) is 72.7 Å². The van der Waals surface area contributed by atoms with Crippen molar-refractivity contribution in [1.82, 2.24) is 25.5 Å². The fraction of sp³-hybridized carbons (Fsp3) is 0.529. The Kier molecular flexibility index (Phi) is 4.69. The number of hydrogen-bond donors (Lipinski definition) is 1. The molecule has 0 radical (unpaired) electrons. The van der Waals surface area contributed by atoms with Gasteiger partial charge in [0, 0.05) is 5.92 Å². The van der Waals surface area contributed by atoms with Gasteiger partial charge in [0.2, 0.25) is 5.91 Å². The number of aryl methyl sites for hydroxylation is 2. The third-order valence-electron chi connectivity index (χ3n) is 4.67. The summed E-state index contributed by atoms with van der Waals surface area (Å²) in [6.07, 6.45) is 5.54. The molecule has 0 unspecified atom stereocenters. The summed E-state index contributed by atoms with van der Waals surface area (Å²) in [6, 6.07) is 6.10. The second-order valence-electron chi connectivity index (χ2n) is 6.33. The zero-order valence-corrected chi connectivity index (χ0v) is 13.7. The fourth-order valence-electron chi connectivity index (χ4n) is 3.05. The number of aromatic nitrogens is 4. The predicted molar refractivity (Wildman–Crippen MR) is 87.0 cm³/mol. The molecule has 1 aromatic heterocycles. The number of nitrogens with zero attached hydrogens (tertiary/aromatic N) is 4. The molecule has 6 nitrogen and oxygen atoms in total. The van der Waals surface area contributed by atoms with Crippen molar-refractivity contribution in [3.05, 3.63) is 35.2 Å². The summed E-state index contributed by atoms with van der Waals surface area (Å²) in [4.78, 5) is 12.3. The summed E-state index contributed by atoms with van der Waals surface area (Å²) in [5.41, 5.74) is 3.34. The summed E-state index contributed by atoms with van der Waals surface area (Å²) < 4.78 is 1.69. The van der Waals surface area contributed by atoms with Gasteiger partial charge in [-0.05, 0) is 60.4 Å². The van der Waals surface area contributed by atoms with Gasteiger partial charge in [-0.1, -0.05) is 25.3 Å². The van der Waals surface area contributed by atoms with Crippen LogP contribution in [-0.2, 0) is 11.3 Å². The molecule has 0 atom stereocenters.